The molecule has 17 heavy (non-hydrogen) atoms. The number of halogens is 1. The fourth-order valence-corrected chi connectivity index (χ4v) is 1.46. The van der Waals surface area contributed by atoms with Gasteiger partial charge in [-0.2, -0.15) is 0 Å². The minimum absolute atomic E-state index is 0.173. The van der Waals surface area contributed by atoms with Gasteiger partial charge in [0.25, 0.3) is 5.91 Å². The van der Waals surface area contributed by atoms with E-state index in [0.717, 1.165) is 0 Å². The van der Waals surface area contributed by atoms with Crippen molar-refractivity contribution in [2.75, 3.05) is 5.32 Å². The van der Waals surface area contributed by atoms with Crippen molar-refractivity contribution in [3.05, 3.63) is 47.4 Å². The highest BCUT2D eigenvalue weighted by Gasteiger charge is 2.15. The average Bonchev–Trinajstić information content (AvgIpc) is 2.61. The number of amides is 1. The van der Waals surface area contributed by atoms with Crippen LogP contribution in [-0.4, -0.2) is 10.9 Å². The number of carbonyl (C=O) groups is 1. The van der Waals surface area contributed by atoms with Crippen LogP contribution < -0.4 is 5.32 Å². The average molecular weight is 234 g/mol. The largest absolute Gasteiger partial charge is 0.436 e. The molecule has 1 amide bonds. The van der Waals surface area contributed by atoms with Crippen LogP contribution in [0.1, 0.15) is 22.1 Å². The van der Waals surface area contributed by atoms with Gasteiger partial charge in [0.1, 0.15) is 5.82 Å². The normalized spacial score (nSPS) is 10.3. The highest BCUT2D eigenvalue weighted by Crippen LogP contribution is 2.13. The van der Waals surface area contributed by atoms with E-state index in [1.165, 1.54) is 24.3 Å². The molecule has 5 heteroatoms. The molecule has 4 nitrogen and oxygen atoms in total. The molecule has 0 bridgehead atoms. The van der Waals surface area contributed by atoms with Gasteiger partial charge in [0.15, 0.2) is 5.89 Å². The second kappa shape index (κ2) is 4.37. The molecule has 2 rings (SSSR count). The van der Waals surface area contributed by atoms with E-state index in [9.17, 15) is 9.18 Å². The lowest BCUT2D eigenvalue weighted by Crippen LogP contribution is -2.12. The van der Waals surface area contributed by atoms with E-state index >= 15 is 0 Å². The Morgan fingerprint density at radius 1 is 1.29 bits per heavy atom. The molecule has 0 unspecified atom stereocenters. The molecule has 0 saturated carbocycles. The molecular weight excluding hydrogens is 223 g/mol. The van der Waals surface area contributed by atoms with Crippen molar-refractivity contribution >= 4 is 11.6 Å². The molecule has 88 valence electrons. The molecule has 0 atom stereocenters. The van der Waals surface area contributed by atoms with Crippen molar-refractivity contribution in [3.63, 3.8) is 0 Å². The van der Waals surface area contributed by atoms with Gasteiger partial charge in [-0.1, -0.05) is 0 Å². The van der Waals surface area contributed by atoms with Crippen LogP contribution in [0.3, 0.4) is 0 Å². The summed E-state index contributed by atoms with van der Waals surface area (Å²) in [6.07, 6.45) is 0. The SMILES string of the molecule is Cc1nc(C)c(C(=O)Nc2ccc(F)cc2)o1. The van der Waals surface area contributed by atoms with Crippen LogP contribution in [0.2, 0.25) is 0 Å². The molecule has 0 fully saturated rings. The van der Waals surface area contributed by atoms with Gasteiger partial charge in [-0.3, -0.25) is 4.79 Å². The van der Waals surface area contributed by atoms with Crippen molar-refractivity contribution < 1.29 is 13.6 Å². The predicted molar refractivity (Wildman–Crippen MR) is 60.3 cm³/mol. The summed E-state index contributed by atoms with van der Waals surface area (Å²) in [7, 11) is 0. The maximum atomic E-state index is 12.7. The topological polar surface area (TPSA) is 55.1 Å². The lowest BCUT2D eigenvalue weighted by Gasteiger charge is -2.02. The molecular formula is C12H11FN2O2. The van der Waals surface area contributed by atoms with Crippen LogP contribution in [0, 0.1) is 19.7 Å². The number of anilines is 1. The summed E-state index contributed by atoms with van der Waals surface area (Å²) < 4.78 is 17.8. The third-order valence-corrected chi connectivity index (χ3v) is 2.21. The van der Waals surface area contributed by atoms with Crippen LogP contribution in [0.5, 0.6) is 0 Å². The molecule has 0 saturated heterocycles. The van der Waals surface area contributed by atoms with Crippen molar-refractivity contribution in [2.45, 2.75) is 13.8 Å². The molecule has 0 aliphatic heterocycles. The lowest BCUT2D eigenvalue weighted by atomic mass is 10.3. The first-order valence-electron chi connectivity index (χ1n) is 5.07. The van der Waals surface area contributed by atoms with Crippen LogP contribution in [0.25, 0.3) is 0 Å². The zero-order valence-electron chi connectivity index (χ0n) is 9.45. The Kier molecular flexibility index (Phi) is 2.91. The summed E-state index contributed by atoms with van der Waals surface area (Å²) in [5, 5.41) is 2.60. The summed E-state index contributed by atoms with van der Waals surface area (Å²) in [6, 6.07) is 5.50. The van der Waals surface area contributed by atoms with Gasteiger partial charge in [0.05, 0.1) is 5.69 Å². The molecule has 2 aromatic rings. The van der Waals surface area contributed by atoms with Gasteiger partial charge < -0.3 is 9.73 Å². The molecule has 0 aliphatic rings. The van der Waals surface area contributed by atoms with Crippen molar-refractivity contribution in [1.29, 1.82) is 0 Å². The Labute approximate surface area is 97.5 Å². The number of aromatic nitrogens is 1. The Hall–Kier alpha value is -2.17. The Bertz CT molecular complexity index is 546. The number of benzene rings is 1. The van der Waals surface area contributed by atoms with Crippen molar-refractivity contribution in [2.24, 2.45) is 0 Å². The number of hydrogen-bond acceptors (Lipinski definition) is 3. The monoisotopic (exact) mass is 234 g/mol. The number of carbonyl (C=O) groups excluding carboxylic acids is 1. The number of hydrogen-bond donors (Lipinski definition) is 1. The summed E-state index contributed by atoms with van der Waals surface area (Å²) >= 11 is 0. The molecule has 0 radical (unpaired) electrons. The smallest absolute Gasteiger partial charge is 0.293 e. The van der Waals surface area contributed by atoms with Crippen LogP contribution in [0.15, 0.2) is 28.7 Å². The van der Waals surface area contributed by atoms with Gasteiger partial charge in [-0.05, 0) is 31.2 Å². The molecule has 0 aliphatic carbocycles. The first-order chi connectivity index (χ1) is 8.06. The standard InChI is InChI=1S/C12H11FN2O2/c1-7-11(17-8(2)14-7)12(16)15-10-5-3-9(13)4-6-10/h3-6H,1-2H3,(H,15,16). The van der Waals surface area contributed by atoms with Crippen LogP contribution in [-0.2, 0) is 0 Å². The minimum Gasteiger partial charge on any atom is -0.436 e. The molecule has 1 N–H and O–H groups in total. The van der Waals surface area contributed by atoms with Gasteiger partial charge >= 0.3 is 0 Å². The van der Waals surface area contributed by atoms with Crippen LogP contribution >= 0.6 is 0 Å². The Morgan fingerprint density at radius 3 is 2.47 bits per heavy atom. The second-order valence-corrected chi connectivity index (χ2v) is 3.61. The molecule has 0 spiro atoms. The van der Waals surface area contributed by atoms with Crippen molar-refractivity contribution in [3.8, 4) is 0 Å². The minimum atomic E-state index is -0.394. The lowest BCUT2D eigenvalue weighted by molar-refractivity contribution is 0.0994. The number of aryl methyl sites for hydroxylation is 2. The number of rotatable bonds is 2. The molecule has 1 aromatic carbocycles. The van der Waals surface area contributed by atoms with Crippen molar-refractivity contribution in [1.82, 2.24) is 4.98 Å². The van der Waals surface area contributed by atoms with E-state index < -0.39 is 5.91 Å². The van der Waals surface area contributed by atoms with Gasteiger partial charge in [-0.15, -0.1) is 0 Å². The quantitative estimate of drug-likeness (QED) is 0.869. The fraction of sp³-hybridized carbons (Fsp3) is 0.167. The van der Waals surface area contributed by atoms with Gasteiger partial charge in [-0.25, -0.2) is 9.37 Å². The summed E-state index contributed by atoms with van der Waals surface area (Å²) in [5.74, 6) is -0.136. The predicted octanol–water partition coefficient (Wildman–Crippen LogP) is 2.68. The Morgan fingerprint density at radius 2 is 1.94 bits per heavy atom. The third-order valence-electron chi connectivity index (χ3n) is 2.21. The van der Waals surface area contributed by atoms with Gasteiger partial charge in [0, 0.05) is 12.6 Å². The van der Waals surface area contributed by atoms with E-state index in [4.69, 9.17) is 4.42 Å². The van der Waals surface area contributed by atoms with E-state index in [-0.39, 0.29) is 11.6 Å². The second-order valence-electron chi connectivity index (χ2n) is 3.61. The van der Waals surface area contributed by atoms with Gasteiger partial charge in [0.2, 0.25) is 5.76 Å². The highest BCUT2D eigenvalue weighted by atomic mass is 19.1. The zero-order chi connectivity index (χ0) is 12.4. The third kappa shape index (κ3) is 2.50. The highest BCUT2D eigenvalue weighted by molar-refractivity contribution is 6.02. The summed E-state index contributed by atoms with van der Waals surface area (Å²) in [5.41, 5.74) is 1.03. The maximum Gasteiger partial charge on any atom is 0.293 e. The zero-order valence-corrected chi connectivity index (χ0v) is 9.45. The first-order valence-corrected chi connectivity index (χ1v) is 5.07. The number of oxazole rings is 1. The van der Waals surface area contributed by atoms with E-state index in [0.29, 0.717) is 17.3 Å². The van der Waals surface area contributed by atoms with Crippen LogP contribution in [0.4, 0.5) is 10.1 Å². The molecule has 1 heterocycles. The van der Waals surface area contributed by atoms with E-state index in [2.05, 4.69) is 10.3 Å². The molecule has 1 aromatic heterocycles. The Balaban J connectivity index is 2.17. The van der Waals surface area contributed by atoms with E-state index in [1.54, 1.807) is 13.8 Å². The summed E-state index contributed by atoms with van der Waals surface area (Å²) in [4.78, 5) is 15.8. The number of nitrogens with one attached hydrogen (secondary N) is 1. The maximum absolute atomic E-state index is 12.7. The first kappa shape index (κ1) is 11.3. The fourth-order valence-electron chi connectivity index (χ4n) is 1.46. The number of nitrogens with zero attached hydrogens (tertiary/aromatic N) is 1. The summed E-state index contributed by atoms with van der Waals surface area (Å²) in [6.45, 7) is 3.36. The van der Waals surface area contributed by atoms with E-state index in [1.807, 2.05) is 0 Å².